The first kappa shape index (κ1) is 13.4. The lowest BCUT2D eigenvalue weighted by molar-refractivity contribution is 0.174. The fourth-order valence-electron chi connectivity index (χ4n) is 2.01. The summed E-state index contributed by atoms with van der Waals surface area (Å²) in [5, 5.41) is 6.23. The molecule has 21 heavy (non-hydrogen) atoms. The first-order valence-electron chi connectivity index (χ1n) is 6.50. The van der Waals surface area contributed by atoms with Crippen molar-refractivity contribution < 1.29 is 14.2 Å². The van der Waals surface area contributed by atoms with Gasteiger partial charge in [0.05, 0.1) is 0 Å². The summed E-state index contributed by atoms with van der Waals surface area (Å²) in [6.07, 6.45) is 0. The molecule has 1 aliphatic rings. The molecule has 2 heterocycles. The van der Waals surface area contributed by atoms with Gasteiger partial charge in [0.25, 0.3) is 0 Å². The Kier molecular flexibility index (Phi) is 3.74. The predicted octanol–water partition coefficient (Wildman–Crippen LogP) is 2.14. The van der Waals surface area contributed by atoms with E-state index in [0.717, 1.165) is 23.0 Å². The zero-order chi connectivity index (χ0) is 14.7. The number of hydrogen-bond donors (Lipinski definition) is 2. The molecule has 7 heteroatoms. The maximum Gasteiger partial charge on any atom is 0.231 e. The van der Waals surface area contributed by atoms with Crippen LogP contribution in [0.3, 0.4) is 0 Å². The number of fused-ring (bicyclic) bond motifs is 1. The van der Waals surface area contributed by atoms with Crippen LogP contribution in [-0.4, -0.2) is 30.9 Å². The molecule has 7 nitrogen and oxygen atoms in total. The third-order valence-electron chi connectivity index (χ3n) is 2.95. The molecule has 1 aliphatic heterocycles. The number of aromatic nitrogens is 2. The highest BCUT2D eigenvalue weighted by Gasteiger charge is 2.13. The van der Waals surface area contributed by atoms with Gasteiger partial charge in [0.1, 0.15) is 18.2 Å². The molecular formula is C14H16N4O3. The number of nitrogens with one attached hydrogen (secondary N) is 2. The third kappa shape index (κ3) is 2.97. The number of ether oxygens (including phenoxy) is 3. The van der Waals surface area contributed by atoms with Gasteiger partial charge in [-0.15, -0.1) is 0 Å². The van der Waals surface area contributed by atoms with Gasteiger partial charge in [0, 0.05) is 32.0 Å². The van der Waals surface area contributed by atoms with Crippen LogP contribution in [0.15, 0.2) is 24.3 Å². The van der Waals surface area contributed by atoms with Gasteiger partial charge in [-0.1, -0.05) is 0 Å². The molecule has 0 aliphatic carbocycles. The summed E-state index contributed by atoms with van der Waals surface area (Å²) in [5.41, 5.74) is 0.864. The van der Waals surface area contributed by atoms with Crippen LogP contribution < -0.4 is 20.1 Å². The molecular weight excluding hydrogens is 272 g/mol. The molecule has 0 saturated carbocycles. The maximum atomic E-state index is 5.36. The number of nitrogens with zero attached hydrogens (tertiary/aromatic N) is 2. The Hall–Kier alpha value is -2.54. The SMILES string of the molecule is CNc1cc(Nc2ccc3c(c2)OCO3)nc(COC)n1. The minimum absolute atomic E-state index is 0.258. The summed E-state index contributed by atoms with van der Waals surface area (Å²) < 4.78 is 15.7. The Morgan fingerprint density at radius 1 is 1.14 bits per heavy atom. The standard InChI is InChI=1S/C14H16N4O3/c1-15-12-6-13(18-14(17-12)7-19-2)16-9-3-4-10-11(5-9)21-8-20-10/h3-6H,7-8H2,1-2H3,(H2,15,16,17,18). The van der Waals surface area contributed by atoms with Crippen molar-refractivity contribution in [3.63, 3.8) is 0 Å². The van der Waals surface area contributed by atoms with Gasteiger partial charge in [-0.3, -0.25) is 0 Å². The summed E-state index contributed by atoms with van der Waals surface area (Å²) >= 11 is 0. The highest BCUT2D eigenvalue weighted by Crippen LogP contribution is 2.35. The molecule has 2 aromatic rings. The Morgan fingerprint density at radius 3 is 2.76 bits per heavy atom. The van der Waals surface area contributed by atoms with Crippen LogP contribution in [0.5, 0.6) is 11.5 Å². The fraction of sp³-hybridized carbons (Fsp3) is 0.286. The van der Waals surface area contributed by atoms with E-state index in [1.165, 1.54) is 0 Å². The van der Waals surface area contributed by atoms with Crippen molar-refractivity contribution in [2.45, 2.75) is 6.61 Å². The van der Waals surface area contributed by atoms with E-state index in [1.807, 2.05) is 31.3 Å². The van der Waals surface area contributed by atoms with E-state index < -0.39 is 0 Å². The molecule has 0 fully saturated rings. The van der Waals surface area contributed by atoms with Crippen LogP contribution in [0.25, 0.3) is 0 Å². The van der Waals surface area contributed by atoms with Crippen LogP contribution in [0, 0.1) is 0 Å². The van der Waals surface area contributed by atoms with Crippen LogP contribution in [0.4, 0.5) is 17.3 Å². The topological polar surface area (TPSA) is 77.5 Å². The summed E-state index contributed by atoms with van der Waals surface area (Å²) in [6, 6.07) is 7.47. The summed E-state index contributed by atoms with van der Waals surface area (Å²) in [4.78, 5) is 8.71. The largest absolute Gasteiger partial charge is 0.454 e. The molecule has 1 aromatic carbocycles. The van der Waals surface area contributed by atoms with Crippen LogP contribution in [-0.2, 0) is 11.3 Å². The van der Waals surface area contributed by atoms with Gasteiger partial charge in [-0.25, -0.2) is 9.97 Å². The van der Waals surface area contributed by atoms with Crippen molar-refractivity contribution in [3.8, 4) is 11.5 Å². The van der Waals surface area contributed by atoms with Gasteiger partial charge in [0.2, 0.25) is 6.79 Å². The summed E-state index contributed by atoms with van der Waals surface area (Å²) in [5.74, 6) is 3.48. The molecule has 1 aromatic heterocycles. The van der Waals surface area contributed by atoms with E-state index in [2.05, 4.69) is 20.6 Å². The van der Waals surface area contributed by atoms with E-state index in [4.69, 9.17) is 14.2 Å². The summed E-state index contributed by atoms with van der Waals surface area (Å²) in [7, 11) is 3.42. The Morgan fingerprint density at radius 2 is 1.95 bits per heavy atom. The Balaban J connectivity index is 1.85. The van der Waals surface area contributed by atoms with E-state index in [-0.39, 0.29) is 6.79 Å². The number of benzene rings is 1. The van der Waals surface area contributed by atoms with Gasteiger partial charge in [0.15, 0.2) is 17.3 Å². The van der Waals surface area contributed by atoms with Crippen molar-refractivity contribution in [2.24, 2.45) is 0 Å². The predicted molar refractivity (Wildman–Crippen MR) is 78.1 cm³/mol. The minimum atomic E-state index is 0.258. The normalized spacial score (nSPS) is 12.3. The molecule has 110 valence electrons. The van der Waals surface area contributed by atoms with E-state index in [9.17, 15) is 0 Å². The Labute approximate surface area is 122 Å². The second kappa shape index (κ2) is 5.84. The molecule has 0 amide bonds. The van der Waals surface area contributed by atoms with Crippen molar-refractivity contribution >= 4 is 17.3 Å². The highest BCUT2D eigenvalue weighted by atomic mass is 16.7. The molecule has 0 unspecified atom stereocenters. The van der Waals surface area contributed by atoms with Gasteiger partial charge in [-0.2, -0.15) is 0 Å². The number of anilines is 3. The monoisotopic (exact) mass is 288 g/mol. The highest BCUT2D eigenvalue weighted by molar-refractivity contribution is 5.63. The zero-order valence-corrected chi connectivity index (χ0v) is 11.8. The number of hydrogen-bond acceptors (Lipinski definition) is 7. The second-order valence-corrected chi connectivity index (χ2v) is 4.43. The van der Waals surface area contributed by atoms with Crippen molar-refractivity contribution in [2.75, 3.05) is 31.6 Å². The number of rotatable bonds is 5. The molecule has 3 rings (SSSR count). The zero-order valence-electron chi connectivity index (χ0n) is 11.8. The average molecular weight is 288 g/mol. The molecule has 0 bridgehead atoms. The molecule has 0 atom stereocenters. The Bertz CT molecular complexity index is 648. The smallest absolute Gasteiger partial charge is 0.231 e. The van der Waals surface area contributed by atoms with Crippen molar-refractivity contribution in [3.05, 3.63) is 30.1 Å². The fourth-order valence-corrected chi connectivity index (χ4v) is 2.01. The lowest BCUT2D eigenvalue weighted by Gasteiger charge is -2.10. The lowest BCUT2D eigenvalue weighted by atomic mass is 10.3. The first-order valence-corrected chi connectivity index (χ1v) is 6.50. The lowest BCUT2D eigenvalue weighted by Crippen LogP contribution is -2.04. The van der Waals surface area contributed by atoms with E-state index in [1.54, 1.807) is 7.11 Å². The molecule has 0 spiro atoms. The van der Waals surface area contributed by atoms with E-state index >= 15 is 0 Å². The molecule has 0 saturated heterocycles. The van der Waals surface area contributed by atoms with Crippen LogP contribution in [0.2, 0.25) is 0 Å². The average Bonchev–Trinajstić information content (AvgIpc) is 2.95. The van der Waals surface area contributed by atoms with E-state index in [0.29, 0.717) is 18.2 Å². The quantitative estimate of drug-likeness (QED) is 0.872. The van der Waals surface area contributed by atoms with Gasteiger partial charge in [-0.05, 0) is 12.1 Å². The molecule has 2 N–H and O–H groups in total. The second-order valence-electron chi connectivity index (χ2n) is 4.43. The maximum absolute atomic E-state index is 5.36. The first-order chi connectivity index (χ1) is 10.3. The summed E-state index contributed by atoms with van der Waals surface area (Å²) in [6.45, 7) is 0.611. The third-order valence-corrected chi connectivity index (χ3v) is 2.95. The van der Waals surface area contributed by atoms with Crippen molar-refractivity contribution in [1.29, 1.82) is 0 Å². The van der Waals surface area contributed by atoms with Crippen molar-refractivity contribution in [1.82, 2.24) is 9.97 Å². The van der Waals surface area contributed by atoms with Gasteiger partial charge < -0.3 is 24.8 Å². The minimum Gasteiger partial charge on any atom is -0.454 e. The van der Waals surface area contributed by atoms with Crippen LogP contribution in [0.1, 0.15) is 5.82 Å². The molecule has 0 radical (unpaired) electrons. The number of methoxy groups -OCH3 is 1. The van der Waals surface area contributed by atoms with Crippen LogP contribution >= 0.6 is 0 Å². The van der Waals surface area contributed by atoms with Gasteiger partial charge >= 0.3 is 0 Å².